The van der Waals surface area contributed by atoms with E-state index in [1.165, 1.54) is 6.92 Å². The maximum atomic E-state index is 12.0. The first kappa shape index (κ1) is 15.8. The van der Waals surface area contributed by atoms with Gasteiger partial charge in [-0.25, -0.2) is 0 Å². The molecule has 100 valence electrons. The predicted molar refractivity (Wildman–Crippen MR) is 40.6 cm³/mol. The summed E-state index contributed by atoms with van der Waals surface area (Å²) in [5, 5.41) is 10.7. The lowest BCUT2D eigenvalue weighted by Gasteiger charge is -2.40. The number of rotatable bonds is 3. The van der Waals surface area contributed by atoms with Crippen molar-refractivity contribution in [2.24, 2.45) is 0 Å². The summed E-state index contributed by atoms with van der Waals surface area (Å²) in [6.07, 6.45) is -12.7. The molecule has 17 heavy (non-hydrogen) atoms. The van der Waals surface area contributed by atoms with E-state index in [1.807, 2.05) is 0 Å². The van der Waals surface area contributed by atoms with E-state index in [-0.39, 0.29) is 5.57 Å². The summed E-state index contributed by atoms with van der Waals surface area (Å²) in [4.78, 5) is 10.6. The maximum Gasteiger partial charge on any atom is 0.399 e. The van der Waals surface area contributed by atoms with Crippen LogP contribution in [0.4, 0.5) is 26.3 Å². The molecule has 0 aromatic heterocycles. The molecule has 0 aliphatic heterocycles. The third-order valence-electron chi connectivity index (χ3n) is 1.54. The molecular weight excluding hydrogens is 258 g/mol. The van der Waals surface area contributed by atoms with Crippen LogP contribution in [-0.4, -0.2) is 30.5 Å². The summed E-state index contributed by atoms with van der Waals surface area (Å²) >= 11 is 0. The number of hydrogen-bond donors (Lipinski definition) is 0. The molecule has 0 saturated heterocycles. The average molecular weight is 265 g/mol. The van der Waals surface area contributed by atoms with Crippen molar-refractivity contribution in [1.82, 2.24) is 0 Å². The summed E-state index contributed by atoms with van der Waals surface area (Å²) in [6.45, 7) is 3.39. The van der Waals surface area contributed by atoms with Crippen LogP contribution in [0.3, 0.4) is 0 Å². The number of carbonyl (C=O) groups is 1. The monoisotopic (exact) mass is 265 g/mol. The molecule has 0 N–H and O–H groups in total. The van der Waals surface area contributed by atoms with Gasteiger partial charge in [0.25, 0.3) is 0 Å². The topological polar surface area (TPSA) is 49.4 Å². The van der Waals surface area contributed by atoms with Crippen LogP contribution in [-0.2, 0) is 9.53 Å². The van der Waals surface area contributed by atoms with Crippen molar-refractivity contribution in [3.63, 3.8) is 0 Å². The fourth-order valence-corrected chi connectivity index (χ4v) is 0.683. The van der Waals surface area contributed by atoms with Gasteiger partial charge in [0.15, 0.2) is 5.60 Å². The summed E-state index contributed by atoms with van der Waals surface area (Å²) < 4.78 is 75.7. The molecule has 0 rings (SSSR count). The third-order valence-corrected chi connectivity index (χ3v) is 1.54. The van der Waals surface area contributed by atoms with Crippen LogP contribution in [0, 0.1) is 0 Å². The Bertz CT molecular complexity index is 302. The fraction of sp³-hybridized carbons (Fsp3) is 0.625. The van der Waals surface area contributed by atoms with Crippen LogP contribution >= 0.6 is 0 Å². The van der Waals surface area contributed by atoms with Gasteiger partial charge in [0.2, 0.25) is 0 Å². The van der Waals surface area contributed by atoms with Gasteiger partial charge in [-0.2, -0.15) is 26.3 Å². The molecule has 0 saturated carbocycles. The van der Waals surface area contributed by atoms with E-state index >= 15 is 0 Å². The van der Waals surface area contributed by atoms with E-state index in [0.717, 1.165) is 0 Å². The smallest absolute Gasteiger partial charge is 0.399 e. The van der Waals surface area contributed by atoms with Crippen molar-refractivity contribution in [2.45, 2.75) is 24.9 Å². The van der Waals surface area contributed by atoms with Gasteiger partial charge in [-0.15, -0.1) is 0 Å². The predicted octanol–water partition coefficient (Wildman–Crippen LogP) is 1.33. The van der Waals surface area contributed by atoms with Crippen molar-refractivity contribution in [3.05, 3.63) is 12.2 Å². The Morgan fingerprint density at radius 2 is 1.53 bits per heavy atom. The summed E-state index contributed by atoms with van der Waals surface area (Å²) in [5.74, 6) is -2.94. The number of hydrogen-bond acceptors (Lipinski definition) is 3. The highest BCUT2D eigenvalue weighted by Crippen LogP contribution is 2.41. The molecule has 0 aromatic carbocycles. The van der Waals surface area contributed by atoms with E-state index in [1.54, 1.807) is 0 Å². The SMILES string of the molecule is C=C(C)COC(=O)C([O-])(C(F)(F)F)C(F)(F)F. The minimum absolute atomic E-state index is 0.00921. The molecule has 0 aliphatic rings. The Labute approximate surface area is 91.7 Å². The molecular formula is C8H7F6O3-. The van der Waals surface area contributed by atoms with E-state index in [0.29, 0.717) is 0 Å². The second kappa shape index (κ2) is 4.55. The van der Waals surface area contributed by atoms with Crippen molar-refractivity contribution in [3.8, 4) is 0 Å². The van der Waals surface area contributed by atoms with E-state index in [4.69, 9.17) is 0 Å². The Morgan fingerprint density at radius 1 is 1.18 bits per heavy atom. The van der Waals surface area contributed by atoms with E-state index < -0.39 is 30.5 Å². The Morgan fingerprint density at radius 3 is 1.76 bits per heavy atom. The van der Waals surface area contributed by atoms with Gasteiger partial charge in [0.1, 0.15) is 6.61 Å². The van der Waals surface area contributed by atoms with Crippen molar-refractivity contribution >= 4 is 5.97 Å². The van der Waals surface area contributed by atoms with E-state index in [9.17, 15) is 36.2 Å². The van der Waals surface area contributed by atoms with Crippen molar-refractivity contribution < 1.29 is 41.0 Å². The average Bonchev–Trinajstić information content (AvgIpc) is 2.08. The highest BCUT2D eigenvalue weighted by molar-refractivity contribution is 5.81. The van der Waals surface area contributed by atoms with Crippen LogP contribution in [0.2, 0.25) is 0 Å². The zero-order valence-electron chi connectivity index (χ0n) is 8.41. The van der Waals surface area contributed by atoms with Crippen molar-refractivity contribution in [2.75, 3.05) is 6.61 Å². The zero-order valence-corrected chi connectivity index (χ0v) is 8.41. The number of esters is 1. The lowest BCUT2D eigenvalue weighted by Crippen LogP contribution is -2.71. The van der Waals surface area contributed by atoms with Gasteiger partial charge < -0.3 is 9.84 Å². The minimum atomic E-state index is -6.34. The molecule has 3 nitrogen and oxygen atoms in total. The number of ether oxygens (including phenoxy) is 1. The normalized spacial score (nSPS) is 13.4. The molecule has 0 heterocycles. The maximum absolute atomic E-state index is 12.0. The molecule has 0 unspecified atom stereocenters. The molecule has 0 fully saturated rings. The number of halogens is 6. The number of alkyl halides is 6. The largest absolute Gasteiger partial charge is 0.828 e. The molecule has 0 radical (unpaired) electrons. The van der Waals surface area contributed by atoms with Crippen LogP contribution < -0.4 is 5.11 Å². The van der Waals surface area contributed by atoms with E-state index in [2.05, 4.69) is 11.3 Å². The fourth-order valence-electron chi connectivity index (χ4n) is 0.683. The van der Waals surface area contributed by atoms with Gasteiger partial charge in [-0.05, 0) is 12.5 Å². The first-order valence-electron chi connectivity index (χ1n) is 3.99. The minimum Gasteiger partial charge on any atom is -0.828 e. The molecule has 9 heteroatoms. The quantitative estimate of drug-likeness (QED) is 0.439. The van der Waals surface area contributed by atoms with Crippen molar-refractivity contribution in [1.29, 1.82) is 0 Å². The van der Waals surface area contributed by atoms with Crippen LogP contribution in [0.15, 0.2) is 12.2 Å². The Balaban J connectivity index is 5.23. The molecule has 0 spiro atoms. The Kier molecular flexibility index (Phi) is 4.22. The van der Waals surface area contributed by atoms with Gasteiger partial charge in [-0.3, -0.25) is 4.79 Å². The van der Waals surface area contributed by atoms with Crippen LogP contribution in [0.25, 0.3) is 0 Å². The summed E-state index contributed by atoms with van der Waals surface area (Å²) in [5.41, 5.74) is -5.79. The lowest BCUT2D eigenvalue weighted by molar-refractivity contribution is -0.574. The summed E-state index contributed by atoms with van der Waals surface area (Å²) in [6, 6.07) is 0. The molecule has 0 amide bonds. The lowest BCUT2D eigenvalue weighted by atomic mass is 10.0. The second-order valence-corrected chi connectivity index (χ2v) is 3.21. The third kappa shape index (κ3) is 3.11. The van der Waals surface area contributed by atoms with Crippen LogP contribution in [0.5, 0.6) is 0 Å². The van der Waals surface area contributed by atoms with Gasteiger partial charge >= 0.3 is 18.3 Å². The molecule has 0 atom stereocenters. The van der Waals surface area contributed by atoms with Gasteiger partial charge in [-0.1, -0.05) is 6.58 Å². The Hall–Kier alpha value is -1.25. The first-order valence-corrected chi connectivity index (χ1v) is 3.99. The second-order valence-electron chi connectivity index (χ2n) is 3.21. The molecule has 0 aliphatic carbocycles. The van der Waals surface area contributed by atoms with Crippen LogP contribution in [0.1, 0.15) is 6.92 Å². The van der Waals surface area contributed by atoms with Gasteiger partial charge in [0.05, 0.1) is 0 Å². The summed E-state index contributed by atoms with van der Waals surface area (Å²) in [7, 11) is 0. The van der Waals surface area contributed by atoms with Gasteiger partial charge in [0, 0.05) is 0 Å². The molecule has 0 bridgehead atoms. The number of carbonyl (C=O) groups excluding carboxylic acids is 1. The highest BCUT2D eigenvalue weighted by Gasteiger charge is 2.68. The zero-order chi connectivity index (χ0) is 14.1. The highest BCUT2D eigenvalue weighted by atomic mass is 19.4. The first-order chi connectivity index (χ1) is 7.34. The molecule has 0 aromatic rings. The standard InChI is InChI=1S/C8H7F6O3/c1-4(2)3-17-5(15)6(16,7(9,10)11)8(12,13)14/h1,3H2,2H3/q-1.